The predicted molar refractivity (Wildman–Crippen MR) is 85.1 cm³/mol. The van der Waals surface area contributed by atoms with Crippen molar-refractivity contribution in [3.8, 4) is 0 Å². The van der Waals surface area contributed by atoms with Crippen molar-refractivity contribution in [3.63, 3.8) is 0 Å². The summed E-state index contributed by atoms with van der Waals surface area (Å²) in [6.07, 6.45) is 7.45. The van der Waals surface area contributed by atoms with Crippen LogP contribution in [0.25, 0.3) is 0 Å². The van der Waals surface area contributed by atoms with Crippen LogP contribution < -0.4 is 0 Å². The van der Waals surface area contributed by atoms with Gasteiger partial charge in [0.25, 0.3) is 0 Å². The fourth-order valence-corrected chi connectivity index (χ4v) is 7.17. The van der Waals surface area contributed by atoms with Gasteiger partial charge in [-0.1, -0.05) is 13.8 Å². The Labute approximate surface area is 134 Å². The highest BCUT2D eigenvalue weighted by molar-refractivity contribution is 5.11. The monoisotopic (exact) mass is 308 g/mol. The second-order valence-corrected chi connectivity index (χ2v) is 9.36. The third-order valence-corrected chi connectivity index (χ3v) is 8.61. The zero-order valence-electron chi connectivity index (χ0n) is 14.0. The predicted octanol–water partition coefficient (Wildman–Crippen LogP) is 2.72. The highest BCUT2D eigenvalue weighted by Crippen LogP contribution is 2.66. The molecule has 126 valence electrons. The molecule has 0 aromatic heterocycles. The highest BCUT2D eigenvalue weighted by atomic mass is 16.3. The molecule has 0 saturated heterocycles. The fraction of sp³-hybridized carbons (Fsp3) is 1.00. The number of aliphatic hydroxyl groups excluding tert-OH is 3. The Morgan fingerprint density at radius 1 is 0.773 bits per heavy atom. The van der Waals surface area contributed by atoms with Crippen LogP contribution in [0.4, 0.5) is 0 Å². The molecule has 0 radical (unpaired) electrons. The Morgan fingerprint density at radius 2 is 1.45 bits per heavy atom. The first-order valence-electron chi connectivity index (χ1n) is 9.40. The molecule has 0 bridgehead atoms. The van der Waals surface area contributed by atoms with E-state index in [1.54, 1.807) is 0 Å². The maximum absolute atomic E-state index is 10.9. The van der Waals surface area contributed by atoms with Gasteiger partial charge in [0.2, 0.25) is 0 Å². The van der Waals surface area contributed by atoms with Crippen LogP contribution in [0, 0.1) is 34.5 Å². The zero-order valence-corrected chi connectivity index (χ0v) is 14.0. The third-order valence-electron chi connectivity index (χ3n) is 8.61. The van der Waals surface area contributed by atoms with Gasteiger partial charge in [-0.05, 0) is 85.9 Å². The summed E-state index contributed by atoms with van der Waals surface area (Å²) in [5.41, 5.74) is 0.317. The molecule has 0 unspecified atom stereocenters. The summed E-state index contributed by atoms with van der Waals surface area (Å²) in [7, 11) is 0. The van der Waals surface area contributed by atoms with Gasteiger partial charge >= 0.3 is 0 Å². The van der Waals surface area contributed by atoms with Crippen LogP contribution in [0.1, 0.15) is 65.2 Å². The summed E-state index contributed by atoms with van der Waals surface area (Å²) < 4.78 is 0. The van der Waals surface area contributed by atoms with Gasteiger partial charge in [-0.3, -0.25) is 0 Å². The topological polar surface area (TPSA) is 60.7 Å². The first-order valence-corrected chi connectivity index (χ1v) is 9.40. The molecule has 22 heavy (non-hydrogen) atoms. The Hall–Kier alpha value is -0.120. The Morgan fingerprint density at radius 3 is 2.23 bits per heavy atom. The second kappa shape index (κ2) is 4.94. The van der Waals surface area contributed by atoms with E-state index in [-0.39, 0.29) is 29.1 Å². The van der Waals surface area contributed by atoms with Crippen molar-refractivity contribution in [3.05, 3.63) is 0 Å². The minimum Gasteiger partial charge on any atom is -0.393 e. The molecule has 3 heteroatoms. The van der Waals surface area contributed by atoms with E-state index in [4.69, 9.17) is 0 Å². The average molecular weight is 308 g/mol. The lowest BCUT2D eigenvalue weighted by Crippen LogP contribution is -2.58. The molecule has 3 nitrogen and oxygen atoms in total. The van der Waals surface area contributed by atoms with Gasteiger partial charge in [0.15, 0.2) is 0 Å². The molecule has 4 aliphatic rings. The average Bonchev–Trinajstić information content (AvgIpc) is 2.77. The molecule has 4 aliphatic carbocycles. The SMILES string of the molecule is C[C@]12CC[C@H](O)C[C@@H]1C[C@H](O)[C@@H]1[C@@H]2CC[C@]2(C)[C@@H](O)CC[C@@H]12. The lowest BCUT2D eigenvalue weighted by Gasteiger charge is -2.62. The van der Waals surface area contributed by atoms with Crippen molar-refractivity contribution < 1.29 is 15.3 Å². The molecule has 4 rings (SSSR count). The van der Waals surface area contributed by atoms with Crippen molar-refractivity contribution in [2.45, 2.75) is 83.5 Å². The van der Waals surface area contributed by atoms with Crippen LogP contribution in [0.3, 0.4) is 0 Å². The van der Waals surface area contributed by atoms with E-state index in [9.17, 15) is 15.3 Å². The van der Waals surface area contributed by atoms with Gasteiger partial charge in [0, 0.05) is 0 Å². The fourth-order valence-electron chi connectivity index (χ4n) is 7.17. The summed E-state index contributed by atoms with van der Waals surface area (Å²) in [6.45, 7) is 4.69. The van der Waals surface area contributed by atoms with E-state index in [1.807, 2.05) is 0 Å². The normalized spacial score (nSPS) is 61.2. The van der Waals surface area contributed by atoms with Crippen LogP contribution in [0.2, 0.25) is 0 Å². The molecule has 0 aromatic rings. The summed E-state index contributed by atoms with van der Waals surface area (Å²) in [4.78, 5) is 0. The molecule has 0 aliphatic heterocycles. The van der Waals surface area contributed by atoms with Gasteiger partial charge < -0.3 is 15.3 Å². The number of aliphatic hydroxyl groups is 3. The summed E-state index contributed by atoms with van der Waals surface area (Å²) in [6, 6.07) is 0. The Kier molecular flexibility index (Phi) is 3.46. The molecule has 4 saturated carbocycles. The van der Waals surface area contributed by atoms with Crippen LogP contribution in [-0.2, 0) is 0 Å². The van der Waals surface area contributed by atoms with Crippen LogP contribution in [0.15, 0.2) is 0 Å². The quantitative estimate of drug-likeness (QED) is 0.645. The van der Waals surface area contributed by atoms with E-state index in [2.05, 4.69) is 13.8 Å². The lowest BCUT2D eigenvalue weighted by atomic mass is 9.44. The molecule has 3 N–H and O–H groups in total. The maximum atomic E-state index is 10.9. The molecule has 4 fully saturated rings. The first kappa shape index (κ1) is 15.4. The van der Waals surface area contributed by atoms with Crippen molar-refractivity contribution in [1.82, 2.24) is 0 Å². The Bertz CT molecular complexity index is 452. The lowest BCUT2D eigenvalue weighted by molar-refractivity contribution is -0.176. The number of rotatable bonds is 0. The number of fused-ring (bicyclic) bond motifs is 5. The zero-order chi connectivity index (χ0) is 15.7. The van der Waals surface area contributed by atoms with E-state index in [0.29, 0.717) is 23.7 Å². The molecule has 0 heterocycles. The largest absolute Gasteiger partial charge is 0.393 e. The first-order chi connectivity index (χ1) is 10.4. The van der Waals surface area contributed by atoms with Crippen molar-refractivity contribution in [2.24, 2.45) is 34.5 Å². The van der Waals surface area contributed by atoms with E-state index in [0.717, 1.165) is 51.4 Å². The summed E-state index contributed by atoms with van der Waals surface area (Å²) in [5.74, 6) is 1.91. The summed E-state index contributed by atoms with van der Waals surface area (Å²) in [5, 5.41) is 31.5. The van der Waals surface area contributed by atoms with Crippen LogP contribution in [0.5, 0.6) is 0 Å². The molecule has 0 aromatic carbocycles. The minimum absolute atomic E-state index is 0.0273. The molecule has 0 spiro atoms. The van der Waals surface area contributed by atoms with E-state index >= 15 is 0 Å². The second-order valence-electron chi connectivity index (χ2n) is 9.36. The number of hydrogen-bond donors (Lipinski definition) is 3. The van der Waals surface area contributed by atoms with Gasteiger partial charge in [-0.2, -0.15) is 0 Å². The van der Waals surface area contributed by atoms with E-state index in [1.165, 1.54) is 0 Å². The third kappa shape index (κ3) is 1.91. The maximum Gasteiger partial charge on any atom is 0.0596 e. The molecular weight excluding hydrogens is 276 g/mol. The van der Waals surface area contributed by atoms with Crippen LogP contribution in [-0.4, -0.2) is 33.6 Å². The smallest absolute Gasteiger partial charge is 0.0596 e. The highest BCUT2D eigenvalue weighted by Gasteiger charge is 2.62. The van der Waals surface area contributed by atoms with Crippen molar-refractivity contribution in [2.75, 3.05) is 0 Å². The van der Waals surface area contributed by atoms with Crippen LogP contribution >= 0.6 is 0 Å². The minimum atomic E-state index is -0.233. The molecular formula is C19H32O3. The van der Waals surface area contributed by atoms with E-state index < -0.39 is 0 Å². The summed E-state index contributed by atoms with van der Waals surface area (Å²) >= 11 is 0. The van der Waals surface area contributed by atoms with Gasteiger partial charge in [0.05, 0.1) is 18.3 Å². The standard InChI is InChI=1S/C19H32O3/c1-18-7-5-12(20)9-11(18)10-15(21)17-13-3-4-16(22)19(13,2)8-6-14(17)18/h11-17,20-22H,3-10H2,1-2H3/t11-,12+,13+,14+,15+,16+,17+,18+,19+/m1/s1. The van der Waals surface area contributed by atoms with Gasteiger partial charge in [-0.15, -0.1) is 0 Å². The van der Waals surface area contributed by atoms with Gasteiger partial charge in [0.1, 0.15) is 0 Å². The number of hydrogen-bond acceptors (Lipinski definition) is 3. The van der Waals surface area contributed by atoms with Crippen molar-refractivity contribution >= 4 is 0 Å². The van der Waals surface area contributed by atoms with Gasteiger partial charge in [-0.25, -0.2) is 0 Å². The molecule has 0 amide bonds. The Balaban J connectivity index is 1.67. The molecule has 9 atom stereocenters. The van der Waals surface area contributed by atoms with Crippen molar-refractivity contribution in [1.29, 1.82) is 0 Å².